The molecule has 1 aliphatic rings. The Labute approximate surface area is 331 Å². The second-order valence-corrected chi connectivity index (χ2v) is 14.6. The number of hydrogen-bond acceptors (Lipinski definition) is 3. The van der Waals surface area contributed by atoms with Crippen LogP contribution in [0.1, 0.15) is 11.8 Å². The van der Waals surface area contributed by atoms with E-state index in [1.165, 1.54) is 27.4 Å². The smallest absolute Gasteiger partial charge is 0.196 e. The lowest BCUT2D eigenvalue weighted by Crippen LogP contribution is -2.10. The molecule has 1 N–H and O–H groups in total. The maximum absolute atomic E-state index is 6.55. The summed E-state index contributed by atoms with van der Waals surface area (Å²) >= 11 is 0. The van der Waals surface area contributed by atoms with E-state index in [-0.39, 0.29) is 6.23 Å². The van der Waals surface area contributed by atoms with Gasteiger partial charge in [-0.05, 0) is 88.3 Å². The van der Waals surface area contributed by atoms with Gasteiger partial charge in [-0.15, -0.1) is 0 Å². The molecule has 2 heterocycles. The zero-order chi connectivity index (χ0) is 37.7. The third-order valence-electron chi connectivity index (χ3n) is 11.2. The molecule has 270 valence electrons. The Kier molecular flexibility index (Phi) is 7.85. The highest BCUT2D eigenvalue weighted by Crippen LogP contribution is 2.48. The second kappa shape index (κ2) is 13.6. The molecule has 4 heteroatoms. The summed E-state index contributed by atoms with van der Waals surface area (Å²) in [5.74, 6) is 0.897. The molecule has 0 fully saturated rings. The number of aromatic nitrogens is 1. The van der Waals surface area contributed by atoms with E-state index in [1.54, 1.807) is 0 Å². The second-order valence-electron chi connectivity index (χ2n) is 14.6. The Morgan fingerprint density at radius 2 is 0.965 bits per heavy atom. The molecule has 10 aromatic rings. The number of hydrogen-bond donors (Lipinski definition) is 1. The average molecular weight is 732 g/mol. The van der Waals surface area contributed by atoms with Gasteiger partial charge in [-0.3, -0.25) is 0 Å². The monoisotopic (exact) mass is 731 g/mol. The number of rotatable bonds is 7. The Morgan fingerprint density at radius 1 is 0.421 bits per heavy atom. The molecule has 1 unspecified atom stereocenters. The van der Waals surface area contributed by atoms with Crippen molar-refractivity contribution in [3.63, 3.8) is 0 Å². The van der Waals surface area contributed by atoms with E-state index in [9.17, 15) is 0 Å². The van der Waals surface area contributed by atoms with Crippen LogP contribution in [0.25, 0.3) is 60.5 Å². The standard InChI is InChI=1S/C53H37N3O/c1-4-14-36(15-5-1)37-24-28-41(29-25-37)55(43-32-33-46-45-21-12-13-23-50(45)56(51(46)34-43)40-18-8-3-9-19-40)42-30-26-38(27-31-42)48-35-49-52(47-22-11-10-20-44(47)48)57-53(54-49)39-16-6-2-7-17-39/h1-35,53-54H. The molecule has 0 aliphatic carbocycles. The number of benzene rings is 9. The van der Waals surface area contributed by atoms with Crippen LogP contribution in [0.4, 0.5) is 22.7 Å². The Balaban J connectivity index is 1.04. The summed E-state index contributed by atoms with van der Waals surface area (Å²) in [6, 6.07) is 75.8. The van der Waals surface area contributed by atoms with Crippen molar-refractivity contribution >= 4 is 55.3 Å². The van der Waals surface area contributed by atoms with Crippen LogP contribution in [0.5, 0.6) is 5.75 Å². The third-order valence-corrected chi connectivity index (χ3v) is 11.2. The van der Waals surface area contributed by atoms with Gasteiger partial charge in [0.15, 0.2) is 12.0 Å². The summed E-state index contributed by atoms with van der Waals surface area (Å²) in [7, 11) is 0. The minimum absolute atomic E-state index is 0.234. The molecule has 4 nitrogen and oxygen atoms in total. The van der Waals surface area contributed by atoms with E-state index in [0.717, 1.165) is 67.2 Å². The van der Waals surface area contributed by atoms with Crippen molar-refractivity contribution in [1.29, 1.82) is 0 Å². The highest BCUT2D eigenvalue weighted by molar-refractivity contribution is 6.10. The topological polar surface area (TPSA) is 29.4 Å². The molecule has 1 atom stereocenters. The van der Waals surface area contributed by atoms with Crippen molar-refractivity contribution in [3.8, 4) is 33.7 Å². The molecule has 57 heavy (non-hydrogen) atoms. The molecule has 1 aromatic heterocycles. The zero-order valence-electron chi connectivity index (χ0n) is 31.1. The molecule has 0 saturated carbocycles. The van der Waals surface area contributed by atoms with E-state index in [0.29, 0.717) is 0 Å². The quantitative estimate of drug-likeness (QED) is 0.177. The van der Waals surface area contributed by atoms with E-state index in [1.807, 2.05) is 6.07 Å². The first-order chi connectivity index (χ1) is 28.3. The highest BCUT2D eigenvalue weighted by atomic mass is 16.5. The number of para-hydroxylation sites is 2. The highest BCUT2D eigenvalue weighted by Gasteiger charge is 2.27. The first-order valence-electron chi connectivity index (χ1n) is 19.5. The summed E-state index contributed by atoms with van der Waals surface area (Å²) in [5.41, 5.74) is 13.5. The van der Waals surface area contributed by atoms with E-state index >= 15 is 0 Å². The van der Waals surface area contributed by atoms with Crippen LogP contribution in [0.3, 0.4) is 0 Å². The van der Waals surface area contributed by atoms with E-state index in [4.69, 9.17) is 4.74 Å². The van der Waals surface area contributed by atoms with Crippen LogP contribution in [-0.2, 0) is 0 Å². The van der Waals surface area contributed by atoms with Gasteiger partial charge >= 0.3 is 0 Å². The number of nitrogens with one attached hydrogen (secondary N) is 1. The summed E-state index contributed by atoms with van der Waals surface area (Å²) in [6.07, 6.45) is -0.234. The first-order valence-corrected chi connectivity index (χ1v) is 19.5. The van der Waals surface area contributed by atoms with Crippen molar-refractivity contribution in [3.05, 3.63) is 218 Å². The van der Waals surface area contributed by atoms with Gasteiger partial charge in [-0.1, -0.05) is 152 Å². The summed E-state index contributed by atoms with van der Waals surface area (Å²) in [4.78, 5) is 2.37. The maximum Gasteiger partial charge on any atom is 0.196 e. The SMILES string of the molecule is c1ccc(-c2ccc(N(c3ccc(-c4cc5c(c6ccccc46)OC(c4ccccc4)N5)cc3)c3ccc4c5ccccc5n(-c5ccccc5)c4c3)cc2)cc1. The van der Waals surface area contributed by atoms with Crippen molar-refractivity contribution in [2.45, 2.75) is 6.23 Å². The van der Waals surface area contributed by atoms with Gasteiger partial charge in [0.05, 0.1) is 16.7 Å². The third kappa shape index (κ3) is 5.70. The Hall–Kier alpha value is -7.56. The minimum atomic E-state index is -0.234. The summed E-state index contributed by atoms with van der Waals surface area (Å²) in [6.45, 7) is 0. The molecular formula is C53H37N3O. The van der Waals surface area contributed by atoms with Crippen molar-refractivity contribution in [1.82, 2.24) is 4.57 Å². The Morgan fingerprint density at radius 3 is 1.68 bits per heavy atom. The lowest BCUT2D eigenvalue weighted by Gasteiger charge is -2.26. The van der Waals surface area contributed by atoms with Crippen molar-refractivity contribution < 1.29 is 4.74 Å². The van der Waals surface area contributed by atoms with Crippen LogP contribution >= 0.6 is 0 Å². The molecular weight excluding hydrogens is 695 g/mol. The fourth-order valence-electron chi connectivity index (χ4n) is 8.51. The predicted octanol–water partition coefficient (Wildman–Crippen LogP) is 14.2. The zero-order valence-corrected chi connectivity index (χ0v) is 31.1. The van der Waals surface area contributed by atoms with Crippen molar-refractivity contribution in [2.24, 2.45) is 0 Å². The van der Waals surface area contributed by atoms with Gasteiger partial charge in [0.2, 0.25) is 0 Å². The molecule has 0 amide bonds. The van der Waals surface area contributed by atoms with Crippen LogP contribution in [0.15, 0.2) is 212 Å². The predicted molar refractivity (Wildman–Crippen MR) is 237 cm³/mol. The molecule has 0 spiro atoms. The molecule has 1 aliphatic heterocycles. The van der Waals surface area contributed by atoms with Gasteiger partial charge in [-0.25, -0.2) is 0 Å². The molecule has 0 saturated heterocycles. The fraction of sp³-hybridized carbons (Fsp3) is 0.0189. The lowest BCUT2D eigenvalue weighted by molar-refractivity contribution is 0.262. The number of ether oxygens (including phenoxy) is 1. The largest absolute Gasteiger partial charge is 0.464 e. The number of fused-ring (bicyclic) bond motifs is 6. The van der Waals surface area contributed by atoms with Gasteiger partial charge in [0.25, 0.3) is 0 Å². The van der Waals surface area contributed by atoms with Crippen LogP contribution in [-0.4, -0.2) is 4.57 Å². The van der Waals surface area contributed by atoms with Gasteiger partial charge < -0.3 is 19.5 Å². The molecule has 11 rings (SSSR count). The molecule has 0 bridgehead atoms. The molecule has 0 radical (unpaired) electrons. The van der Waals surface area contributed by atoms with Crippen molar-refractivity contribution in [2.75, 3.05) is 10.2 Å². The Bertz CT molecular complexity index is 3050. The van der Waals surface area contributed by atoms with Gasteiger partial charge in [0.1, 0.15) is 0 Å². The van der Waals surface area contributed by atoms with E-state index < -0.39 is 0 Å². The lowest BCUT2D eigenvalue weighted by atomic mass is 9.96. The van der Waals surface area contributed by atoms with Crippen LogP contribution in [0.2, 0.25) is 0 Å². The van der Waals surface area contributed by atoms with E-state index in [2.05, 4.69) is 221 Å². The summed E-state index contributed by atoms with van der Waals surface area (Å²) < 4.78 is 8.93. The van der Waals surface area contributed by atoms with Gasteiger partial charge in [-0.2, -0.15) is 0 Å². The molecule has 9 aromatic carbocycles. The van der Waals surface area contributed by atoms with Crippen LogP contribution in [0, 0.1) is 0 Å². The first kappa shape index (κ1) is 32.8. The number of anilines is 4. The number of nitrogens with zero attached hydrogens (tertiary/aromatic N) is 2. The summed E-state index contributed by atoms with van der Waals surface area (Å²) in [5, 5.41) is 8.37. The fourth-order valence-corrected chi connectivity index (χ4v) is 8.51. The normalized spacial score (nSPS) is 13.4. The van der Waals surface area contributed by atoms with Crippen LogP contribution < -0.4 is 15.0 Å². The minimum Gasteiger partial charge on any atom is -0.464 e. The average Bonchev–Trinajstić information content (AvgIpc) is 3.87. The van der Waals surface area contributed by atoms with Gasteiger partial charge in [0, 0.05) is 44.5 Å². The maximum atomic E-state index is 6.55.